The number of carbonyl (C=O) groups is 1. The number of aromatic nitrogens is 2. The maximum atomic E-state index is 13.9. The number of amides is 1. The fraction of sp³-hybridized carbons (Fsp3) is 0.182. The monoisotopic (exact) mass is 567 g/mol. The first-order valence-corrected chi connectivity index (χ1v) is 13.7. The van der Waals surface area contributed by atoms with E-state index in [-0.39, 0.29) is 18.1 Å². The van der Waals surface area contributed by atoms with Crippen LogP contribution in [0.4, 0.5) is 0 Å². The smallest absolute Gasteiger partial charge is 0.266 e. The highest BCUT2D eigenvalue weighted by atomic mass is 35.5. The molecule has 4 aromatic carbocycles. The van der Waals surface area contributed by atoms with Crippen LogP contribution in [0.25, 0.3) is 16.6 Å². The standard InChI is InChI=1S/C33H30ClN3O4/c1-23(32-35-30-11-7-6-10-29(30)33(39)37(32)26-14-18-27(40-2)19-15-26)36(21-20-24-8-4-3-5-9-24)31(38)22-41-28-16-12-25(34)13-17-28/h3-19,23H,20-22H2,1-2H3. The Morgan fingerprint density at radius 3 is 2.27 bits per heavy atom. The molecule has 7 nitrogen and oxygen atoms in total. The topological polar surface area (TPSA) is 73.7 Å². The Morgan fingerprint density at radius 1 is 0.902 bits per heavy atom. The molecule has 41 heavy (non-hydrogen) atoms. The highest BCUT2D eigenvalue weighted by Crippen LogP contribution is 2.25. The molecule has 1 unspecified atom stereocenters. The average Bonchev–Trinajstić information content (AvgIpc) is 3.01. The SMILES string of the molecule is COc1ccc(-n2c(C(C)N(CCc3ccccc3)C(=O)COc3ccc(Cl)cc3)nc3ccccc3c2=O)cc1. The van der Waals surface area contributed by atoms with Crippen molar-refractivity contribution in [3.8, 4) is 17.2 Å². The Labute approximate surface area is 243 Å². The van der Waals surface area contributed by atoms with Crippen LogP contribution in [-0.2, 0) is 11.2 Å². The Bertz CT molecular complexity index is 1690. The zero-order valence-electron chi connectivity index (χ0n) is 22.9. The zero-order chi connectivity index (χ0) is 28.8. The van der Waals surface area contributed by atoms with Crippen molar-refractivity contribution in [1.29, 1.82) is 0 Å². The molecule has 0 aliphatic carbocycles. The van der Waals surface area contributed by atoms with Gasteiger partial charge in [-0.2, -0.15) is 0 Å². The highest BCUT2D eigenvalue weighted by Gasteiger charge is 2.27. The highest BCUT2D eigenvalue weighted by molar-refractivity contribution is 6.30. The van der Waals surface area contributed by atoms with Crippen LogP contribution in [0.1, 0.15) is 24.4 Å². The lowest BCUT2D eigenvalue weighted by Crippen LogP contribution is -2.41. The van der Waals surface area contributed by atoms with Gasteiger partial charge in [-0.15, -0.1) is 0 Å². The molecule has 0 spiro atoms. The Hall–Kier alpha value is -4.62. The van der Waals surface area contributed by atoms with Gasteiger partial charge in [0.05, 0.1) is 29.7 Å². The summed E-state index contributed by atoms with van der Waals surface area (Å²) in [6, 6.07) is 30.7. The molecule has 0 aliphatic rings. The second-order valence-electron chi connectivity index (χ2n) is 9.57. The summed E-state index contributed by atoms with van der Waals surface area (Å²) >= 11 is 6.00. The van der Waals surface area contributed by atoms with Crippen molar-refractivity contribution < 1.29 is 14.3 Å². The number of para-hydroxylation sites is 1. The first-order valence-electron chi connectivity index (χ1n) is 13.3. The third-order valence-electron chi connectivity index (χ3n) is 6.95. The Kier molecular flexibility index (Phi) is 8.65. The molecule has 1 aromatic heterocycles. The molecule has 1 amide bonds. The van der Waals surface area contributed by atoms with Crippen molar-refractivity contribution in [2.75, 3.05) is 20.3 Å². The van der Waals surface area contributed by atoms with Gasteiger partial charge in [0.15, 0.2) is 6.61 Å². The second kappa shape index (κ2) is 12.7. The number of rotatable bonds is 10. The largest absolute Gasteiger partial charge is 0.497 e. The van der Waals surface area contributed by atoms with Crippen molar-refractivity contribution in [3.63, 3.8) is 0 Å². The maximum absolute atomic E-state index is 13.9. The Morgan fingerprint density at radius 2 is 1.56 bits per heavy atom. The van der Waals surface area contributed by atoms with Crippen molar-refractivity contribution in [2.24, 2.45) is 0 Å². The summed E-state index contributed by atoms with van der Waals surface area (Å²) in [6.45, 7) is 2.11. The number of fused-ring (bicyclic) bond motifs is 1. The molecule has 0 fully saturated rings. The van der Waals surface area contributed by atoms with Crippen LogP contribution in [0.5, 0.6) is 11.5 Å². The first-order chi connectivity index (χ1) is 19.9. The van der Waals surface area contributed by atoms with E-state index in [0.717, 1.165) is 5.56 Å². The van der Waals surface area contributed by atoms with Gasteiger partial charge in [-0.1, -0.05) is 54.1 Å². The molecule has 1 heterocycles. The summed E-state index contributed by atoms with van der Waals surface area (Å²) in [5.74, 6) is 1.43. The molecule has 0 saturated heterocycles. The maximum Gasteiger partial charge on any atom is 0.266 e. The molecule has 5 aromatic rings. The fourth-order valence-corrected chi connectivity index (χ4v) is 4.86. The summed E-state index contributed by atoms with van der Waals surface area (Å²) in [6.07, 6.45) is 0.623. The van der Waals surface area contributed by atoms with Crippen LogP contribution in [0, 0.1) is 0 Å². The van der Waals surface area contributed by atoms with Gasteiger partial charge in [-0.05, 0) is 79.6 Å². The number of hydrogen-bond donors (Lipinski definition) is 0. The van der Waals surface area contributed by atoms with E-state index >= 15 is 0 Å². The van der Waals surface area contributed by atoms with E-state index in [1.165, 1.54) is 0 Å². The van der Waals surface area contributed by atoms with E-state index in [4.69, 9.17) is 26.1 Å². The molecule has 0 aliphatic heterocycles. The lowest BCUT2D eigenvalue weighted by Gasteiger charge is -2.30. The normalized spacial score (nSPS) is 11.7. The van der Waals surface area contributed by atoms with Crippen LogP contribution >= 0.6 is 11.6 Å². The molecule has 0 N–H and O–H groups in total. The third-order valence-corrected chi connectivity index (χ3v) is 7.21. The number of halogens is 1. The van der Waals surface area contributed by atoms with E-state index in [9.17, 15) is 9.59 Å². The predicted octanol–water partition coefficient (Wildman–Crippen LogP) is 6.26. The van der Waals surface area contributed by atoms with Gasteiger partial charge in [0.1, 0.15) is 17.3 Å². The van der Waals surface area contributed by atoms with E-state index in [1.807, 2.05) is 67.6 Å². The minimum absolute atomic E-state index is 0.179. The van der Waals surface area contributed by atoms with Crippen molar-refractivity contribution >= 4 is 28.4 Å². The quantitative estimate of drug-likeness (QED) is 0.199. The minimum Gasteiger partial charge on any atom is -0.497 e. The molecule has 1 atom stereocenters. The predicted molar refractivity (Wildman–Crippen MR) is 161 cm³/mol. The molecular formula is C33H30ClN3O4. The molecular weight excluding hydrogens is 538 g/mol. The summed E-state index contributed by atoms with van der Waals surface area (Å²) in [5, 5.41) is 1.08. The van der Waals surface area contributed by atoms with Crippen molar-refractivity contribution in [1.82, 2.24) is 14.5 Å². The van der Waals surface area contributed by atoms with Crippen molar-refractivity contribution in [2.45, 2.75) is 19.4 Å². The molecule has 8 heteroatoms. The number of nitrogens with zero attached hydrogens (tertiary/aromatic N) is 3. The van der Waals surface area contributed by atoms with Gasteiger partial charge in [0.25, 0.3) is 11.5 Å². The Balaban J connectivity index is 1.54. The van der Waals surface area contributed by atoms with Crippen LogP contribution in [0.15, 0.2) is 108 Å². The first kappa shape index (κ1) is 27.9. The van der Waals surface area contributed by atoms with Gasteiger partial charge in [0.2, 0.25) is 0 Å². The second-order valence-corrected chi connectivity index (χ2v) is 10.0. The third kappa shape index (κ3) is 6.42. The van der Waals surface area contributed by atoms with Crippen LogP contribution in [0.2, 0.25) is 5.02 Å². The van der Waals surface area contributed by atoms with Gasteiger partial charge in [-0.3, -0.25) is 14.2 Å². The van der Waals surface area contributed by atoms with Gasteiger partial charge >= 0.3 is 0 Å². The zero-order valence-corrected chi connectivity index (χ0v) is 23.6. The minimum atomic E-state index is -0.556. The number of benzene rings is 4. The average molecular weight is 568 g/mol. The van der Waals surface area contributed by atoms with Crippen molar-refractivity contribution in [3.05, 3.63) is 130 Å². The van der Waals surface area contributed by atoms with Crippen LogP contribution < -0.4 is 15.0 Å². The number of hydrogen-bond acceptors (Lipinski definition) is 5. The molecule has 5 rings (SSSR count). The van der Waals surface area contributed by atoms with Gasteiger partial charge in [-0.25, -0.2) is 4.98 Å². The van der Waals surface area contributed by atoms with E-state index in [1.54, 1.807) is 59.0 Å². The van der Waals surface area contributed by atoms with E-state index in [0.29, 0.717) is 51.9 Å². The molecule has 208 valence electrons. The summed E-state index contributed by atoms with van der Waals surface area (Å²) < 4.78 is 12.7. The van der Waals surface area contributed by atoms with Gasteiger partial charge in [0, 0.05) is 11.6 Å². The fourth-order valence-electron chi connectivity index (χ4n) is 4.74. The van der Waals surface area contributed by atoms with Crippen LogP contribution in [0.3, 0.4) is 0 Å². The lowest BCUT2D eigenvalue weighted by molar-refractivity contribution is -0.135. The number of ether oxygens (including phenoxy) is 2. The molecule has 0 saturated carbocycles. The summed E-state index contributed by atoms with van der Waals surface area (Å²) in [4.78, 5) is 34.3. The van der Waals surface area contributed by atoms with Gasteiger partial charge < -0.3 is 14.4 Å². The lowest BCUT2D eigenvalue weighted by atomic mass is 10.1. The molecule has 0 radical (unpaired) electrons. The van der Waals surface area contributed by atoms with E-state index < -0.39 is 6.04 Å². The summed E-state index contributed by atoms with van der Waals surface area (Å²) in [5.41, 5.74) is 2.08. The molecule has 0 bridgehead atoms. The number of methoxy groups -OCH3 is 1. The van der Waals surface area contributed by atoms with Crippen LogP contribution in [-0.4, -0.2) is 40.6 Å². The summed E-state index contributed by atoms with van der Waals surface area (Å²) in [7, 11) is 1.59. The van der Waals surface area contributed by atoms with E-state index in [2.05, 4.69) is 0 Å². The number of carbonyl (C=O) groups excluding carboxylic acids is 1.